The number of carbonyl (C=O) groups is 3. The summed E-state index contributed by atoms with van der Waals surface area (Å²) in [6, 6.07) is 11.7. The Morgan fingerprint density at radius 3 is 2.71 bits per heavy atom. The van der Waals surface area contributed by atoms with Crippen LogP contribution in [0.5, 0.6) is 0 Å². The molecule has 28 heavy (non-hydrogen) atoms. The Hall–Kier alpha value is -3.06. The standard InChI is InChI=1S/C20H19ClN4O3/c21-16-4-2-1-3-15(16)18(26)23-14-6-5-12-7-8-25(11-13(12)9-14)19(27)17-10-22-20(28)24-17/h1-6,9,17H,7-8,10-11H2,(H,23,26)(H2,22,24,28). The number of urea groups is 1. The number of carbonyl (C=O) groups excluding carboxylic acids is 3. The molecule has 2 aromatic rings. The van der Waals surface area contributed by atoms with Crippen LogP contribution in [0.1, 0.15) is 21.5 Å². The van der Waals surface area contributed by atoms with E-state index in [4.69, 9.17) is 11.6 Å². The summed E-state index contributed by atoms with van der Waals surface area (Å²) in [6.07, 6.45) is 0.730. The summed E-state index contributed by atoms with van der Waals surface area (Å²) in [7, 11) is 0. The van der Waals surface area contributed by atoms with Gasteiger partial charge in [0, 0.05) is 25.3 Å². The Kier molecular flexibility index (Phi) is 4.92. The first kappa shape index (κ1) is 18.3. The van der Waals surface area contributed by atoms with Gasteiger partial charge in [-0.2, -0.15) is 0 Å². The van der Waals surface area contributed by atoms with Crippen molar-refractivity contribution in [1.29, 1.82) is 0 Å². The van der Waals surface area contributed by atoms with Gasteiger partial charge in [0.05, 0.1) is 10.6 Å². The van der Waals surface area contributed by atoms with Crippen molar-refractivity contribution in [3.05, 3.63) is 64.2 Å². The SMILES string of the molecule is O=C1NCC(C(=O)N2CCc3ccc(NC(=O)c4ccccc4Cl)cc3C2)N1. The highest BCUT2D eigenvalue weighted by Gasteiger charge is 2.32. The minimum atomic E-state index is -0.530. The fraction of sp³-hybridized carbons (Fsp3) is 0.250. The second kappa shape index (κ2) is 7.52. The van der Waals surface area contributed by atoms with Crippen LogP contribution in [0.4, 0.5) is 10.5 Å². The molecule has 0 radical (unpaired) electrons. The van der Waals surface area contributed by atoms with Crippen LogP contribution in [0.2, 0.25) is 5.02 Å². The van der Waals surface area contributed by atoms with Gasteiger partial charge in [0.15, 0.2) is 0 Å². The average molecular weight is 399 g/mol. The van der Waals surface area contributed by atoms with Gasteiger partial charge in [-0.1, -0.05) is 29.8 Å². The molecule has 4 amide bonds. The van der Waals surface area contributed by atoms with Crippen molar-refractivity contribution >= 4 is 35.1 Å². The Balaban J connectivity index is 1.48. The lowest BCUT2D eigenvalue weighted by molar-refractivity contribution is -0.133. The summed E-state index contributed by atoms with van der Waals surface area (Å²) in [5.74, 6) is -0.386. The smallest absolute Gasteiger partial charge is 0.315 e. The topological polar surface area (TPSA) is 90.5 Å². The molecule has 0 saturated carbocycles. The number of hydrogen-bond donors (Lipinski definition) is 3. The Labute approximate surface area is 167 Å². The molecule has 2 heterocycles. The molecule has 8 heteroatoms. The van der Waals surface area contributed by atoms with E-state index < -0.39 is 6.04 Å². The minimum absolute atomic E-state index is 0.102. The summed E-state index contributed by atoms with van der Waals surface area (Å²) >= 11 is 6.09. The predicted molar refractivity (Wildman–Crippen MR) is 105 cm³/mol. The maximum atomic E-state index is 12.6. The first-order valence-corrected chi connectivity index (χ1v) is 9.40. The van der Waals surface area contributed by atoms with Crippen molar-refractivity contribution in [3.63, 3.8) is 0 Å². The number of fused-ring (bicyclic) bond motifs is 1. The van der Waals surface area contributed by atoms with E-state index >= 15 is 0 Å². The van der Waals surface area contributed by atoms with Crippen LogP contribution < -0.4 is 16.0 Å². The minimum Gasteiger partial charge on any atom is -0.336 e. The normalized spacial score (nSPS) is 18.1. The highest BCUT2D eigenvalue weighted by molar-refractivity contribution is 6.34. The number of halogens is 1. The van der Waals surface area contributed by atoms with Crippen molar-refractivity contribution in [1.82, 2.24) is 15.5 Å². The molecule has 2 aliphatic heterocycles. The van der Waals surface area contributed by atoms with Gasteiger partial charge in [0.2, 0.25) is 5.91 Å². The molecule has 1 atom stereocenters. The van der Waals surface area contributed by atoms with E-state index in [1.54, 1.807) is 29.2 Å². The van der Waals surface area contributed by atoms with Crippen molar-refractivity contribution in [2.75, 3.05) is 18.4 Å². The van der Waals surface area contributed by atoms with Crippen LogP contribution in [-0.4, -0.2) is 41.9 Å². The van der Waals surface area contributed by atoms with Crippen LogP contribution >= 0.6 is 11.6 Å². The van der Waals surface area contributed by atoms with Crippen molar-refractivity contribution in [3.8, 4) is 0 Å². The Morgan fingerprint density at radius 1 is 1.14 bits per heavy atom. The Morgan fingerprint density at radius 2 is 1.96 bits per heavy atom. The van der Waals surface area contributed by atoms with Crippen LogP contribution in [0.25, 0.3) is 0 Å². The van der Waals surface area contributed by atoms with Crippen molar-refractivity contribution < 1.29 is 14.4 Å². The summed E-state index contributed by atoms with van der Waals surface area (Å²) < 4.78 is 0. The molecular weight excluding hydrogens is 380 g/mol. The van der Waals surface area contributed by atoms with Gasteiger partial charge in [-0.25, -0.2) is 4.79 Å². The summed E-state index contributed by atoms with van der Waals surface area (Å²) in [5.41, 5.74) is 3.18. The van der Waals surface area contributed by atoms with Gasteiger partial charge in [-0.3, -0.25) is 9.59 Å². The molecule has 0 aliphatic carbocycles. The molecule has 1 unspecified atom stereocenters. The molecule has 7 nitrogen and oxygen atoms in total. The number of benzene rings is 2. The van der Waals surface area contributed by atoms with Crippen LogP contribution in [-0.2, 0) is 17.8 Å². The maximum absolute atomic E-state index is 12.6. The van der Waals surface area contributed by atoms with Gasteiger partial charge in [0.1, 0.15) is 6.04 Å². The lowest BCUT2D eigenvalue weighted by Gasteiger charge is -2.30. The second-order valence-electron chi connectivity index (χ2n) is 6.83. The van der Waals surface area contributed by atoms with Crippen molar-refractivity contribution in [2.24, 2.45) is 0 Å². The Bertz CT molecular complexity index is 962. The predicted octanol–water partition coefficient (Wildman–Crippen LogP) is 2.16. The van der Waals surface area contributed by atoms with Crippen LogP contribution in [0, 0.1) is 0 Å². The van der Waals surface area contributed by atoms with E-state index in [2.05, 4.69) is 16.0 Å². The number of hydrogen-bond acceptors (Lipinski definition) is 3. The molecule has 144 valence electrons. The second-order valence-corrected chi connectivity index (χ2v) is 7.24. The molecule has 4 rings (SSSR count). The number of amides is 4. The van der Waals surface area contributed by atoms with Crippen LogP contribution in [0.3, 0.4) is 0 Å². The molecule has 2 aliphatic rings. The van der Waals surface area contributed by atoms with Gasteiger partial charge >= 0.3 is 6.03 Å². The molecule has 0 aromatic heterocycles. The number of nitrogens with zero attached hydrogens (tertiary/aromatic N) is 1. The van der Waals surface area contributed by atoms with Gasteiger partial charge in [-0.05, 0) is 41.8 Å². The average Bonchev–Trinajstić information content (AvgIpc) is 3.13. The highest BCUT2D eigenvalue weighted by Crippen LogP contribution is 2.24. The zero-order valence-electron chi connectivity index (χ0n) is 15.0. The lowest BCUT2D eigenvalue weighted by Crippen LogP contribution is -2.47. The molecule has 1 fully saturated rings. The summed E-state index contributed by atoms with van der Waals surface area (Å²) in [5, 5.41) is 8.48. The third-order valence-corrected chi connectivity index (χ3v) is 5.31. The molecule has 0 spiro atoms. The van der Waals surface area contributed by atoms with E-state index in [1.807, 2.05) is 18.2 Å². The van der Waals surface area contributed by atoms with Crippen LogP contribution in [0.15, 0.2) is 42.5 Å². The first-order valence-electron chi connectivity index (χ1n) is 9.02. The van der Waals surface area contributed by atoms with E-state index in [1.165, 1.54) is 0 Å². The number of anilines is 1. The maximum Gasteiger partial charge on any atom is 0.315 e. The number of rotatable bonds is 3. The van der Waals surface area contributed by atoms with Crippen molar-refractivity contribution in [2.45, 2.75) is 19.0 Å². The third-order valence-electron chi connectivity index (χ3n) is 4.98. The highest BCUT2D eigenvalue weighted by atomic mass is 35.5. The summed E-state index contributed by atoms with van der Waals surface area (Å²) in [4.78, 5) is 38.1. The molecule has 3 N–H and O–H groups in total. The molecule has 0 bridgehead atoms. The summed E-state index contributed by atoms with van der Waals surface area (Å²) in [6.45, 7) is 1.34. The third kappa shape index (κ3) is 3.66. The van der Waals surface area contributed by atoms with Gasteiger partial charge < -0.3 is 20.9 Å². The van der Waals surface area contributed by atoms with Gasteiger partial charge in [-0.15, -0.1) is 0 Å². The first-order chi connectivity index (χ1) is 13.5. The zero-order chi connectivity index (χ0) is 19.7. The molecule has 2 aromatic carbocycles. The van der Waals surface area contributed by atoms with E-state index in [-0.39, 0.29) is 17.8 Å². The monoisotopic (exact) mass is 398 g/mol. The lowest BCUT2D eigenvalue weighted by atomic mass is 9.98. The number of nitrogens with one attached hydrogen (secondary N) is 3. The van der Waals surface area contributed by atoms with Gasteiger partial charge in [0.25, 0.3) is 5.91 Å². The quantitative estimate of drug-likeness (QED) is 0.740. The fourth-order valence-electron chi connectivity index (χ4n) is 3.49. The molecular formula is C20H19ClN4O3. The van der Waals surface area contributed by atoms with E-state index in [0.717, 1.165) is 17.5 Å². The van der Waals surface area contributed by atoms with E-state index in [9.17, 15) is 14.4 Å². The zero-order valence-corrected chi connectivity index (χ0v) is 15.8. The fourth-order valence-corrected chi connectivity index (χ4v) is 3.71. The largest absolute Gasteiger partial charge is 0.336 e. The molecule has 1 saturated heterocycles. The van der Waals surface area contributed by atoms with E-state index in [0.29, 0.717) is 35.9 Å².